The lowest BCUT2D eigenvalue weighted by atomic mass is 9.88. The maximum Gasteiger partial charge on any atom is 0.305 e. The lowest BCUT2D eigenvalue weighted by Crippen LogP contribution is -2.68. The predicted molar refractivity (Wildman–Crippen MR) is 66.2 cm³/mol. The van der Waals surface area contributed by atoms with Gasteiger partial charge < -0.3 is 20.5 Å². The number of rotatable bonds is 10. The average molecular weight is 244 g/mol. The minimum Gasteiger partial charge on any atom is -0.481 e. The summed E-state index contributed by atoms with van der Waals surface area (Å²) in [6.07, 6.45) is 3.40. The van der Waals surface area contributed by atoms with Crippen LogP contribution >= 0.6 is 0 Å². The highest BCUT2D eigenvalue weighted by Crippen LogP contribution is 2.15. The Hall–Kier alpha value is -0.650. The minimum absolute atomic E-state index is 0.191. The molecule has 1 aliphatic heterocycles. The summed E-state index contributed by atoms with van der Waals surface area (Å²) in [5, 5.41) is 15.3. The average Bonchev–Trinajstić information content (AvgIpc) is 2.23. The molecule has 1 fully saturated rings. The molecule has 0 aromatic heterocycles. The fourth-order valence-electron chi connectivity index (χ4n) is 1.91. The summed E-state index contributed by atoms with van der Waals surface area (Å²) in [5.41, 5.74) is -0.227. The van der Waals surface area contributed by atoms with E-state index in [-0.39, 0.29) is 12.0 Å². The second-order valence-corrected chi connectivity index (χ2v) is 4.70. The zero-order chi connectivity index (χ0) is 12.6. The van der Waals surface area contributed by atoms with Gasteiger partial charge in [-0.1, -0.05) is 13.3 Å². The fourth-order valence-corrected chi connectivity index (χ4v) is 1.91. The summed E-state index contributed by atoms with van der Waals surface area (Å²) < 4.78 is 5.45. The van der Waals surface area contributed by atoms with Crippen LogP contribution in [0.25, 0.3) is 0 Å². The van der Waals surface area contributed by atoms with E-state index in [2.05, 4.69) is 17.6 Å². The standard InChI is InChI=1S/C12H24N2O3/c1-2-3-6-17-7-4-5-14-12(8-11(15)16)9-13-10-12/h13-14H,2-10H2,1H3,(H,15,16). The number of aliphatic carboxylic acids is 1. The van der Waals surface area contributed by atoms with Crippen LogP contribution in [-0.2, 0) is 9.53 Å². The summed E-state index contributed by atoms with van der Waals surface area (Å²) in [6.45, 7) is 6.04. The van der Waals surface area contributed by atoms with Crippen molar-refractivity contribution in [2.75, 3.05) is 32.8 Å². The Labute approximate surface area is 103 Å². The molecular formula is C12H24N2O3. The number of carboxylic acids is 1. The van der Waals surface area contributed by atoms with Gasteiger partial charge in [-0.3, -0.25) is 4.79 Å². The van der Waals surface area contributed by atoms with Gasteiger partial charge in [0.25, 0.3) is 0 Å². The highest BCUT2D eigenvalue weighted by atomic mass is 16.5. The van der Waals surface area contributed by atoms with Gasteiger partial charge in [0.15, 0.2) is 0 Å². The van der Waals surface area contributed by atoms with E-state index >= 15 is 0 Å². The van der Waals surface area contributed by atoms with Crippen molar-refractivity contribution in [2.45, 2.75) is 38.1 Å². The SMILES string of the molecule is CCCCOCCCNC1(CC(=O)O)CNC1. The van der Waals surface area contributed by atoms with Gasteiger partial charge in [-0.15, -0.1) is 0 Å². The molecular weight excluding hydrogens is 220 g/mol. The van der Waals surface area contributed by atoms with Crippen molar-refractivity contribution in [2.24, 2.45) is 0 Å². The van der Waals surface area contributed by atoms with E-state index < -0.39 is 5.97 Å². The van der Waals surface area contributed by atoms with E-state index in [0.29, 0.717) is 0 Å². The first-order chi connectivity index (χ1) is 8.18. The third kappa shape index (κ3) is 5.48. The maximum absolute atomic E-state index is 10.7. The highest BCUT2D eigenvalue weighted by Gasteiger charge is 2.38. The summed E-state index contributed by atoms with van der Waals surface area (Å²) in [7, 11) is 0. The molecule has 1 saturated heterocycles. The van der Waals surface area contributed by atoms with Crippen molar-refractivity contribution < 1.29 is 14.6 Å². The van der Waals surface area contributed by atoms with Gasteiger partial charge in [0.2, 0.25) is 0 Å². The van der Waals surface area contributed by atoms with Gasteiger partial charge in [0.05, 0.1) is 12.0 Å². The van der Waals surface area contributed by atoms with Crippen LogP contribution in [0.5, 0.6) is 0 Å². The van der Waals surface area contributed by atoms with E-state index in [9.17, 15) is 4.79 Å². The Kier molecular flexibility index (Phi) is 6.47. The molecule has 0 radical (unpaired) electrons. The van der Waals surface area contributed by atoms with Crippen molar-refractivity contribution in [3.05, 3.63) is 0 Å². The smallest absolute Gasteiger partial charge is 0.305 e. The highest BCUT2D eigenvalue weighted by molar-refractivity contribution is 5.68. The third-order valence-corrected chi connectivity index (χ3v) is 3.02. The van der Waals surface area contributed by atoms with Crippen LogP contribution in [0.4, 0.5) is 0 Å². The Bertz CT molecular complexity index is 230. The number of carboxylic acid groups (broad SMARTS) is 1. The lowest BCUT2D eigenvalue weighted by molar-refractivity contribution is -0.139. The quantitative estimate of drug-likeness (QED) is 0.491. The monoisotopic (exact) mass is 244 g/mol. The van der Waals surface area contributed by atoms with E-state index in [1.165, 1.54) is 0 Å². The van der Waals surface area contributed by atoms with Crippen LogP contribution in [-0.4, -0.2) is 49.5 Å². The van der Waals surface area contributed by atoms with Gasteiger partial charge in [0, 0.05) is 26.3 Å². The van der Waals surface area contributed by atoms with Crippen LogP contribution in [0.3, 0.4) is 0 Å². The molecule has 0 aromatic carbocycles. The second-order valence-electron chi connectivity index (χ2n) is 4.70. The molecule has 5 nitrogen and oxygen atoms in total. The second kappa shape index (κ2) is 7.63. The fraction of sp³-hybridized carbons (Fsp3) is 0.917. The Morgan fingerprint density at radius 3 is 2.65 bits per heavy atom. The number of hydrogen-bond donors (Lipinski definition) is 3. The molecule has 3 N–H and O–H groups in total. The van der Waals surface area contributed by atoms with E-state index in [0.717, 1.165) is 52.1 Å². The molecule has 17 heavy (non-hydrogen) atoms. The molecule has 0 unspecified atom stereocenters. The number of nitrogens with one attached hydrogen (secondary N) is 2. The molecule has 1 aliphatic rings. The largest absolute Gasteiger partial charge is 0.481 e. The topological polar surface area (TPSA) is 70.6 Å². The van der Waals surface area contributed by atoms with Crippen LogP contribution in [0.15, 0.2) is 0 Å². The number of carbonyl (C=O) groups is 1. The molecule has 0 atom stereocenters. The van der Waals surface area contributed by atoms with Crippen molar-refractivity contribution in [1.82, 2.24) is 10.6 Å². The lowest BCUT2D eigenvalue weighted by Gasteiger charge is -2.42. The van der Waals surface area contributed by atoms with E-state index in [1.807, 2.05) is 0 Å². The maximum atomic E-state index is 10.7. The van der Waals surface area contributed by atoms with Gasteiger partial charge in [-0.2, -0.15) is 0 Å². The van der Waals surface area contributed by atoms with Gasteiger partial charge in [-0.25, -0.2) is 0 Å². The van der Waals surface area contributed by atoms with Crippen LogP contribution < -0.4 is 10.6 Å². The number of hydrogen-bond acceptors (Lipinski definition) is 4. The first kappa shape index (κ1) is 14.4. The normalized spacial score (nSPS) is 17.7. The molecule has 100 valence electrons. The summed E-state index contributed by atoms with van der Waals surface area (Å²) >= 11 is 0. The van der Waals surface area contributed by atoms with Crippen molar-refractivity contribution in [1.29, 1.82) is 0 Å². The molecule has 0 spiro atoms. The summed E-state index contributed by atoms with van der Waals surface area (Å²) in [6, 6.07) is 0. The first-order valence-electron chi connectivity index (χ1n) is 6.44. The molecule has 0 amide bonds. The van der Waals surface area contributed by atoms with Crippen LogP contribution in [0.1, 0.15) is 32.6 Å². The zero-order valence-corrected chi connectivity index (χ0v) is 10.6. The third-order valence-electron chi connectivity index (χ3n) is 3.02. The van der Waals surface area contributed by atoms with Crippen molar-refractivity contribution in [3.8, 4) is 0 Å². The van der Waals surface area contributed by atoms with E-state index in [1.54, 1.807) is 0 Å². The Balaban J connectivity index is 2.02. The minimum atomic E-state index is -0.738. The van der Waals surface area contributed by atoms with Gasteiger partial charge >= 0.3 is 5.97 Å². The number of ether oxygens (including phenoxy) is 1. The zero-order valence-electron chi connectivity index (χ0n) is 10.6. The first-order valence-corrected chi connectivity index (χ1v) is 6.44. The molecule has 1 heterocycles. The van der Waals surface area contributed by atoms with Crippen molar-refractivity contribution >= 4 is 5.97 Å². The molecule has 1 rings (SSSR count). The Morgan fingerprint density at radius 1 is 1.41 bits per heavy atom. The number of unbranched alkanes of at least 4 members (excludes halogenated alkanes) is 1. The summed E-state index contributed by atoms with van der Waals surface area (Å²) in [5.74, 6) is -0.738. The summed E-state index contributed by atoms with van der Waals surface area (Å²) in [4.78, 5) is 10.7. The van der Waals surface area contributed by atoms with E-state index in [4.69, 9.17) is 9.84 Å². The molecule has 0 saturated carbocycles. The predicted octanol–water partition coefficient (Wildman–Crippen LogP) is 0.600. The molecule has 0 aromatic rings. The Morgan fingerprint density at radius 2 is 2.12 bits per heavy atom. The van der Waals surface area contributed by atoms with Crippen LogP contribution in [0.2, 0.25) is 0 Å². The molecule has 0 bridgehead atoms. The van der Waals surface area contributed by atoms with Crippen molar-refractivity contribution in [3.63, 3.8) is 0 Å². The van der Waals surface area contributed by atoms with Crippen LogP contribution in [0, 0.1) is 0 Å². The molecule has 0 aliphatic carbocycles. The molecule has 5 heteroatoms. The van der Waals surface area contributed by atoms with Gasteiger partial charge in [-0.05, 0) is 19.4 Å². The van der Waals surface area contributed by atoms with Gasteiger partial charge in [0.1, 0.15) is 0 Å².